The Hall–Kier alpha value is -2.28. The van der Waals surface area contributed by atoms with Crippen LogP contribution in [-0.2, 0) is 0 Å². The average molecular weight is 282 g/mol. The fourth-order valence-electron chi connectivity index (χ4n) is 1.76. The molecule has 0 spiro atoms. The quantitative estimate of drug-likeness (QED) is 0.686. The smallest absolute Gasteiger partial charge is 0.305 e. The molecule has 5 nitrogen and oxygen atoms in total. The predicted molar refractivity (Wildman–Crippen MR) is 67.9 cm³/mol. The third-order valence-electron chi connectivity index (χ3n) is 2.93. The second kappa shape index (κ2) is 5.38. The Labute approximate surface area is 113 Å². The average Bonchev–Trinajstić information content (AvgIpc) is 2.86. The lowest BCUT2D eigenvalue weighted by molar-refractivity contribution is -0.387. The molecule has 1 aromatic heterocycles. The van der Waals surface area contributed by atoms with Crippen molar-refractivity contribution in [1.82, 2.24) is 0 Å². The first-order chi connectivity index (χ1) is 9.43. The number of hydrogen-bond acceptors (Lipinski definition) is 4. The van der Waals surface area contributed by atoms with Crippen molar-refractivity contribution in [2.75, 3.05) is 0 Å². The summed E-state index contributed by atoms with van der Waals surface area (Å²) in [5, 5.41) is 10.7. The lowest BCUT2D eigenvalue weighted by atomic mass is 10.1. The molecule has 2 aromatic rings. The first-order valence-electron chi connectivity index (χ1n) is 5.93. The number of rotatable bonds is 4. The lowest BCUT2D eigenvalue weighted by Crippen LogP contribution is -2.06. The van der Waals surface area contributed by atoms with Crippen LogP contribution in [0.15, 0.2) is 28.7 Å². The minimum absolute atomic E-state index is 0.0736. The van der Waals surface area contributed by atoms with Gasteiger partial charge < -0.3 is 10.2 Å². The van der Waals surface area contributed by atoms with Crippen LogP contribution in [0.2, 0.25) is 0 Å². The van der Waals surface area contributed by atoms with E-state index in [1.165, 1.54) is 6.07 Å². The largest absolute Gasteiger partial charge is 0.459 e. The molecule has 0 saturated carbocycles. The van der Waals surface area contributed by atoms with Gasteiger partial charge in [-0.15, -0.1) is 0 Å². The van der Waals surface area contributed by atoms with Crippen molar-refractivity contribution < 1.29 is 18.1 Å². The molecule has 1 atom stereocenters. The summed E-state index contributed by atoms with van der Waals surface area (Å²) in [6.07, 6.45) is 0.624. The van der Waals surface area contributed by atoms with E-state index in [0.29, 0.717) is 18.2 Å². The number of nitrogens with two attached hydrogens (primary N) is 1. The third kappa shape index (κ3) is 2.53. The van der Waals surface area contributed by atoms with E-state index in [9.17, 15) is 18.9 Å². The van der Waals surface area contributed by atoms with Gasteiger partial charge in [-0.3, -0.25) is 10.1 Å². The Morgan fingerprint density at radius 2 is 2.05 bits per heavy atom. The molecule has 0 aliphatic rings. The zero-order chi connectivity index (χ0) is 14.9. The summed E-state index contributed by atoms with van der Waals surface area (Å²) in [4.78, 5) is 9.75. The number of hydrogen-bond donors (Lipinski definition) is 1. The van der Waals surface area contributed by atoms with Crippen LogP contribution in [0.1, 0.15) is 25.1 Å². The van der Waals surface area contributed by atoms with Crippen molar-refractivity contribution in [2.45, 2.75) is 19.4 Å². The van der Waals surface area contributed by atoms with Crippen LogP contribution in [0.25, 0.3) is 11.3 Å². The Morgan fingerprint density at radius 3 is 2.65 bits per heavy atom. The molecule has 106 valence electrons. The summed E-state index contributed by atoms with van der Waals surface area (Å²) in [7, 11) is 0. The molecule has 1 aromatic carbocycles. The molecule has 2 N–H and O–H groups in total. The van der Waals surface area contributed by atoms with Gasteiger partial charge in [0.05, 0.1) is 16.5 Å². The number of benzene rings is 1. The van der Waals surface area contributed by atoms with Gasteiger partial charge in [-0.2, -0.15) is 4.39 Å². The van der Waals surface area contributed by atoms with Gasteiger partial charge in [-0.25, -0.2) is 4.39 Å². The van der Waals surface area contributed by atoms with E-state index in [1.807, 2.05) is 6.92 Å². The summed E-state index contributed by atoms with van der Waals surface area (Å²) >= 11 is 0. The second-order valence-electron chi connectivity index (χ2n) is 4.26. The van der Waals surface area contributed by atoms with Gasteiger partial charge in [-0.05, 0) is 18.6 Å². The predicted octanol–water partition coefficient (Wildman–Crippen LogP) is 3.54. The Kier molecular flexibility index (Phi) is 3.80. The van der Waals surface area contributed by atoms with E-state index in [0.717, 1.165) is 6.07 Å². The van der Waals surface area contributed by atoms with Crippen molar-refractivity contribution in [1.29, 1.82) is 0 Å². The number of nitrogens with zero attached hydrogens (tertiary/aromatic N) is 1. The van der Waals surface area contributed by atoms with Gasteiger partial charge in [0.25, 0.3) is 0 Å². The summed E-state index contributed by atoms with van der Waals surface area (Å²) < 4.78 is 32.3. The lowest BCUT2D eigenvalue weighted by Gasteiger charge is -2.04. The molecule has 0 radical (unpaired) electrons. The van der Waals surface area contributed by atoms with Crippen molar-refractivity contribution in [2.24, 2.45) is 5.73 Å². The van der Waals surface area contributed by atoms with Gasteiger partial charge >= 0.3 is 5.69 Å². The molecule has 1 heterocycles. The molecular formula is C13H12F2N2O3. The fraction of sp³-hybridized carbons (Fsp3) is 0.231. The minimum Gasteiger partial charge on any atom is -0.459 e. The highest BCUT2D eigenvalue weighted by molar-refractivity contribution is 5.62. The zero-order valence-corrected chi connectivity index (χ0v) is 10.6. The van der Waals surface area contributed by atoms with Crippen LogP contribution in [0, 0.1) is 21.7 Å². The molecule has 20 heavy (non-hydrogen) atoms. The first-order valence-corrected chi connectivity index (χ1v) is 5.93. The van der Waals surface area contributed by atoms with E-state index in [4.69, 9.17) is 10.2 Å². The molecule has 2 rings (SSSR count). The topological polar surface area (TPSA) is 82.3 Å². The molecular weight excluding hydrogens is 270 g/mol. The zero-order valence-electron chi connectivity index (χ0n) is 10.6. The minimum atomic E-state index is -1.23. The van der Waals surface area contributed by atoms with Crippen molar-refractivity contribution in [3.05, 3.63) is 51.8 Å². The molecule has 0 aliphatic heterocycles. The monoisotopic (exact) mass is 282 g/mol. The van der Waals surface area contributed by atoms with E-state index in [2.05, 4.69) is 0 Å². The van der Waals surface area contributed by atoms with Crippen LogP contribution >= 0.6 is 0 Å². The fourth-order valence-corrected chi connectivity index (χ4v) is 1.76. The first kappa shape index (κ1) is 14.1. The van der Waals surface area contributed by atoms with Crippen LogP contribution in [0.4, 0.5) is 14.5 Å². The van der Waals surface area contributed by atoms with E-state index in [1.54, 1.807) is 6.07 Å². The van der Waals surface area contributed by atoms with Gasteiger partial charge in [0.1, 0.15) is 17.3 Å². The Bertz CT molecular complexity index is 655. The van der Waals surface area contributed by atoms with E-state index < -0.39 is 22.2 Å². The molecule has 7 heteroatoms. The summed E-state index contributed by atoms with van der Waals surface area (Å²) in [6, 6.07) is 3.95. The molecule has 0 fully saturated rings. The number of furan rings is 1. The van der Waals surface area contributed by atoms with Crippen LogP contribution < -0.4 is 5.73 Å². The third-order valence-corrected chi connectivity index (χ3v) is 2.93. The molecule has 0 aliphatic carbocycles. The van der Waals surface area contributed by atoms with Gasteiger partial charge in [0.15, 0.2) is 0 Å². The van der Waals surface area contributed by atoms with Crippen molar-refractivity contribution >= 4 is 5.69 Å². The van der Waals surface area contributed by atoms with Gasteiger partial charge in [-0.1, -0.05) is 6.92 Å². The molecule has 0 bridgehead atoms. The maximum absolute atomic E-state index is 13.7. The summed E-state index contributed by atoms with van der Waals surface area (Å²) in [6.45, 7) is 1.86. The van der Waals surface area contributed by atoms with Crippen LogP contribution in [0.5, 0.6) is 0 Å². The normalized spacial score (nSPS) is 12.4. The highest BCUT2D eigenvalue weighted by atomic mass is 19.1. The Balaban J connectivity index is 2.49. The maximum Gasteiger partial charge on any atom is 0.305 e. The van der Waals surface area contributed by atoms with Crippen molar-refractivity contribution in [3.8, 4) is 11.3 Å². The molecule has 1 unspecified atom stereocenters. The van der Waals surface area contributed by atoms with Crippen LogP contribution in [-0.4, -0.2) is 4.92 Å². The number of halogens is 2. The second-order valence-corrected chi connectivity index (χ2v) is 4.26. The highest BCUT2D eigenvalue weighted by Gasteiger charge is 2.21. The summed E-state index contributed by atoms with van der Waals surface area (Å²) in [5.41, 5.74) is 4.79. The highest BCUT2D eigenvalue weighted by Crippen LogP contribution is 2.31. The Morgan fingerprint density at radius 1 is 1.35 bits per heavy atom. The van der Waals surface area contributed by atoms with Gasteiger partial charge in [0, 0.05) is 12.1 Å². The van der Waals surface area contributed by atoms with E-state index >= 15 is 0 Å². The molecule has 0 saturated heterocycles. The summed E-state index contributed by atoms with van der Waals surface area (Å²) in [5.74, 6) is -1.65. The SMILES string of the molecule is CCC(N)c1ccc(-c2cc([N+](=O)[O-])c(F)cc2F)o1. The number of nitro groups is 1. The van der Waals surface area contributed by atoms with Gasteiger partial charge in [0.2, 0.25) is 5.82 Å². The maximum atomic E-state index is 13.7. The van der Waals surface area contributed by atoms with Crippen LogP contribution in [0.3, 0.4) is 0 Å². The van der Waals surface area contributed by atoms with Crippen molar-refractivity contribution in [3.63, 3.8) is 0 Å². The number of nitro benzene ring substituents is 1. The molecule has 0 amide bonds. The van der Waals surface area contributed by atoms with E-state index in [-0.39, 0.29) is 17.4 Å². The standard InChI is InChI=1S/C13H12F2N2O3/c1-2-10(16)13-4-3-12(20-13)7-5-11(17(18)19)9(15)6-8(7)14/h3-6,10H,2,16H2,1H3.